The molecule has 10 heteroatoms. The highest BCUT2D eigenvalue weighted by Gasteiger charge is 2.31. The number of allylic oxidation sites excluding steroid dienone is 2. The largest absolute Gasteiger partial charge is 0.335 e. The minimum Gasteiger partial charge on any atom is -0.335 e. The van der Waals surface area contributed by atoms with Crippen LogP contribution in [0.4, 0.5) is 5.69 Å². The predicted molar refractivity (Wildman–Crippen MR) is 129 cm³/mol. The van der Waals surface area contributed by atoms with Crippen LogP contribution in [0.25, 0.3) is 0 Å². The molecule has 2 aromatic rings. The topological polar surface area (TPSA) is 81.8 Å². The van der Waals surface area contributed by atoms with Crippen molar-refractivity contribution in [1.29, 1.82) is 0 Å². The molecule has 166 valence electrons. The number of hydrogen-bond donors (Lipinski definition) is 2. The van der Waals surface area contributed by atoms with E-state index in [1.807, 2.05) is 37.3 Å². The first kappa shape index (κ1) is 22.3. The first-order valence-electron chi connectivity index (χ1n) is 9.73. The van der Waals surface area contributed by atoms with E-state index in [-0.39, 0.29) is 28.1 Å². The highest BCUT2D eigenvalue weighted by molar-refractivity contribution is 7.97. The van der Waals surface area contributed by atoms with E-state index in [0.29, 0.717) is 10.7 Å². The van der Waals surface area contributed by atoms with Crippen LogP contribution in [-0.4, -0.2) is 30.6 Å². The first-order valence-corrected chi connectivity index (χ1v) is 12.4. The summed E-state index contributed by atoms with van der Waals surface area (Å²) in [6, 6.07) is 13.9. The summed E-state index contributed by atoms with van der Waals surface area (Å²) in [6.07, 6.45) is 6.52. The molecule has 0 radical (unpaired) electrons. The van der Waals surface area contributed by atoms with E-state index < -0.39 is 10.0 Å². The van der Waals surface area contributed by atoms with Gasteiger partial charge in [0.1, 0.15) is 4.91 Å². The van der Waals surface area contributed by atoms with Gasteiger partial charge in [0.2, 0.25) is 0 Å². The van der Waals surface area contributed by atoms with Gasteiger partial charge >= 0.3 is 0 Å². The summed E-state index contributed by atoms with van der Waals surface area (Å²) in [5, 5.41) is 0.314. The molecule has 0 fully saturated rings. The zero-order valence-electron chi connectivity index (χ0n) is 17.3. The van der Waals surface area contributed by atoms with Crippen LogP contribution in [0, 0.1) is 0 Å². The molecule has 0 saturated carbocycles. The first-order chi connectivity index (χ1) is 15.3. The maximum Gasteiger partial charge on any atom is 0.264 e. The van der Waals surface area contributed by atoms with Gasteiger partial charge in [-0.1, -0.05) is 41.9 Å². The number of carbonyl (C=O) groups excluding carboxylic acids is 1. The van der Waals surface area contributed by atoms with Crippen LogP contribution in [-0.2, 0) is 10.0 Å². The third kappa shape index (κ3) is 4.36. The third-order valence-corrected chi connectivity index (χ3v) is 7.62. The molecule has 2 aromatic carbocycles. The van der Waals surface area contributed by atoms with Gasteiger partial charge in [-0.3, -0.25) is 13.8 Å². The SMILES string of the molecule is C[C@@H](c1ccccc1)N(C)C(=O)c1ccc(Cl)cc1NS(=O)(=O)C1=CC=CN2SNC=C12. The van der Waals surface area contributed by atoms with E-state index >= 15 is 0 Å². The van der Waals surface area contributed by atoms with Gasteiger partial charge < -0.3 is 9.62 Å². The van der Waals surface area contributed by atoms with Crippen molar-refractivity contribution in [3.05, 3.63) is 99.8 Å². The summed E-state index contributed by atoms with van der Waals surface area (Å²) in [4.78, 5) is 15.0. The summed E-state index contributed by atoms with van der Waals surface area (Å²) < 4.78 is 33.6. The summed E-state index contributed by atoms with van der Waals surface area (Å²) in [5.41, 5.74) is 1.79. The number of halogens is 1. The fourth-order valence-electron chi connectivity index (χ4n) is 3.37. The zero-order valence-corrected chi connectivity index (χ0v) is 19.7. The Kier molecular flexibility index (Phi) is 6.23. The molecule has 0 aromatic heterocycles. The monoisotopic (exact) mass is 488 g/mol. The molecule has 0 aliphatic carbocycles. The van der Waals surface area contributed by atoms with Crippen LogP contribution in [0.15, 0.2) is 83.7 Å². The molecule has 2 heterocycles. The zero-order chi connectivity index (χ0) is 22.9. The lowest BCUT2D eigenvalue weighted by Gasteiger charge is -2.27. The van der Waals surface area contributed by atoms with Crippen LogP contribution in [0.3, 0.4) is 0 Å². The predicted octanol–water partition coefficient (Wildman–Crippen LogP) is 4.64. The Morgan fingerprint density at radius 3 is 2.72 bits per heavy atom. The fraction of sp³-hybridized carbons (Fsp3) is 0.136. The highest BCUT2D eigenvalue weighted by atomic mass is 35.5. The van der Waals surface area contributed by atoms with E-state index in [1.54, 1.807) is 40.8 Å². The molecular weight excluding hydrogens is 468 g/mol. The lowest BCUT2D eigenvalue weighted by molar-refractivity contribution is 0.0743. The number of nitrogens with one attached hydrogen (secondary N) is 2. The van der Waals surface area contributed by atoms with Crippen LogP contribution < -0.4 is 9.44 Å². The lowest BCUT2D eigenvalue weighted by atomic mass is 10.1. The van der Waals surface area contributed by atoms with Gasteiger partial charge in [-0.15, -0.1) is 0 Å². The molecule has 2 aliphatic rings. The van der Waals surface area contributed by atoms with Crippen molar-refractivity contribution in [1.82, 2.24) is 13.9 Å². The minimum absolute atomic E-state index is 0.0851. The normalized spacial score (nSPS) is 15.9. The second-order valence-electron chi connectivity index (χ2n) is 7.24. The number of anilines is 1. The Labute approximate surface area is 196 Å². The van der Waals surface area contributed by atoms with Crippen molar-refractivity contribution in [3.63, 3.8) is 0 Å². The number of benzene rings is 2. The lowest BCUT2D eigenvalue weighted by Crippen LogP contribution is -2.31. The number of sulfonamides is 1. The van der Waals surface area contributed by atoms with Gasteiger partial charge in [0.15, 0.2) is 0 Å². The van der Waals surface area contributed by atoms with Crippen molar-refractivity contribution in [2.45, 2.75) is 13.0 Å². The molecule has 2 aliphatic heterocycles. The molecule has 0 spiro atoms. The number of carbonyl (C=O) groups is 1. The Morgan fingerprint density at radius 2 is 1.97 bits per heavy atom. The molecule has 32 heavy (non-hydrogen) atoms. The Balaban J connectivity index is 1.65. The maximum absolute atomic E-state index is 13.3. The molecule has 0 bridgehead atoms. The van der Waals surface area contributed by atoms with Gasteiger partial charge in [-0.25, -0.2) is 8.42 Å². The van der Waals surface area contributed by atoms with Crippen molar-refractivity contribution in [3.8, 4) is 0 Å². The smallest absolute Gasteiger partial charge is 0.264 e. The highest BCUT2D eigenvalue weighted by Crippen LogP contribution is 2.35. The van der Waals surface area contributed by atoms with E-state index in [0.717, 1.165) is 5.56 Å². The number of amides is 1. The van der Waals surface area contributed by atoms with Gasteiger partial charge in [0.05, 0.1) is 35.1 Å². The fourth-order valence-corrected chi connectivity index (χ4v) is 5.52. The van der Waals surface area contributed by atoms with Crippen molar-refractivity contribution in [2.24, 2.45) is 0 Å². The average molecular weight is 489 g/mol. The molecule has 1 amide bonds. The van der Waals surface area contributed by atoms with Crippen LogP contribution in [0.1, 0.15) is 28.9 Å². The van der Waals surface area contributed by atoms with Crippen molar-refractivity contribution < 1.29 is 13.2 Å². The number of fused-ring (bicyclic) bond motifs is 1. The number of rotatable bonds is 6. The Morgan fingerprint density at radius 1 is 1.22 bits per heavy atom. The molecule has 4 rings (SSSR count). The third-order valence-electron chi connectivity index (χ3n) is 5.23. The van der Waals surface area contributed by atoms with Crippen molar-refractivity contribution >= 4 is 45.4 Å². The van der Waals surface area contributed by atoms with Crippen LogP contribution in [0.2, 0.25) is 5.02 Å². The molecule has 2 N–H and O–H groups in total. The van der Waals surface area contributed by atoms with Crippen LogP contribution in [0.5, 0.6) is 0 Å². The standard InChI is InChI=1S/C22H21ClN4O3S2/c1-15(16-7-4-3-5-8-16)26(2)22(28)18-11-10-17(23)13-19(18)25-32(29,30)21-9-6-12-27-20(21)14-24-31-27/h3-15,24-25H,1-2H3/t15-/m0/s1. The summed E-state index contributed by atoms with van der Waals surface area (Å²) in [7, 11) is -2.31. The molecular formula is C22H21ClN4O3S2. The second kappa shape index (κ2) is 8.93. The summed E-state index contributed by atoms with van der Waals surface area (Å²) in [5.74, 6) is -0.327. The number of hydrogen-bond acceptors (Lipinski definition) is 6. The molecule has 0 unspecified atom stereocenters. The number of nitrogens with zero attached hydrogens (tertiary/aromatic N) is 2. The average Bonchev–Trinajstić information content (AvgIpc) is 3.27. The van der Waals surface area contributed by atoms with E-state index in [9.17, 15) is 13.2 Å². The minimum atomic E-state index is -3.99. The Hall–Kier alpha value is -2.88. The second-order valence-corrected chi connectivity index (χ2v) is 10.1. The molecule has 0 saturated heterocycles. The van der Waals surface area contributed by atoms with E-state index in [2.05, 4.69) is 9.44 Å². The quantitative estimate of drug-likeness (QED) is 0.577. The van der Waals surface area contributed by atoms with Gasteiger partial charge in [0.25, 0.3) is 15.9 Å². The van der Waals surface area contributed by atoms with Gasteiger partial charge in [-0.2, -0.15) is 0 Å². The Bertz CT molecular complexity index is 1240. The maximum atomic E-state index is 13.3. The van der Waals surface area contributed by atoms with E-state index in [1.165, 1.54) is 30.3 Å². The summed E-state index contributed by atoms with van der Waals surface area (Å²) in [6.45, 7) is 1.91. The van der Waals surface area contributed by atoms with Crippen LogP contribution >= 0.6 is 23.7 Å². The molecule has 1 atom stereocenters. The van der Waals surface area contributed by atoms with Crippen molar-refractivity contribution in [2.75, 3.05) is 11.8 Å². The summed E-state index contributed by atoms with van der Waals surface area (Å²) >= 11 is 7.40. The van der Waals surface area contributed by atoms with E-state index in [4.69, 9.17) is 11.6 Å². The van der Waals surface area contributed by atoms with Gasteiger partial charge in [-0.05, 0) is 42.8 Å². The van der Waals surface area contributed by atoms with Gasteiger partial charge in [0, 0.05) is 24.5 Å². The molecule has 7 nitrogen and oxygen atoms in total.